The molecule has 3 unspecified atom stereocenters. The molecule has 0 heterocycles. The summed E-state index contributed by atoms with van der Waals surface area (Å²) in [5.41, 5.74) is -0.823. The monoisotopic (exact) mass is 411 g/mol. The normalized spacial score (nSPS) is 17.5. The van der Waals surface area contributed by atoms with E-state index in [-0.39, 0.29) is 31.6 Å². The lowest BCUT2D eigenvalue weighted by atomic mass is 9.79. The molecule has 27 heavy (non-hydrogen) atoms. The summed E-state index contributed by atoms with van der Waals surface area (Å²) in [5, 5.41) is 2.56. The molecule has 9 nitrogen and oxygen atoms in total. The highest BCUT2D eigenvalue weighted by molar-refractivity contribution is 7.47. The van der Waals surface area contributed by atoms with Crippen LogP contribution in [-0.4, -0.2) is 75.8 Å². The van der Waals surface area contributed by atoms with Gasteiger partial charge in [-0.05, 0) is 19.8 Å². The molecule has 0 aliphatic rings. The number of carbonyl (C=O) groups is 2. The van der Waals surface area contributed by atoms with E-state index in [1.807, 2.05) is 28.1 Å². The molecule has 0 aromatic carbocycles. The van der Waals surface area contributed by atoms with Crippen molar-refractivity contribution in [1.29, 1.82) is 0 Å². The van der Waals surface area contributed by atoms with E-state index in [9.17, 15) is 19.0 Å². The van der Waals surface area contributed by atoms with Gasteiger partial charge in [0.15, 0.2) is 0 Å². The second kappa shape index (κ2) is 11.1. The number of nitrogens with one attached hydrogen (secondary N) is 1. The van der Waals surface area contributed by atoms with Gasteiger partial charge in [0.25, 0.3) is 0 Å². The van der Waals surface area contributed by atoms with Crippen molar-refractivity contribution >= 4 is 19.7 Å². The Morgan fingerprint density at radius 1 is 1.19 bits per heavy atom. The molecule has 2 N–H and O–H groups in total. The zero-order valence-electron chi connectivity index (χ0n) is 17.6. The number of phosphoric ester groups is 1. The Morgan fingerprint density at radius 2 is 1.74 bits per heavy atom. The molecular weight excluding hydrogens is 375 g/mol. The van der Waals surface area contributed by atoms with E-state index in [0.29, 0.717) is 23.9 Å². The summed E-state index contributed by atoms with van der Waals surface area (Å²) in [7, 11) is 3.17. The maximum absolute atomic E-state index is 12.4. The van der Waals surface area contributed by atoms with Gasteiger partial charge >= 0.3 is 13.8 Å². The first kappa shape index (κ1) is 26.0. The lowest BCUT2D eigenvalue weighted by Gasteiger charge is -2.28. The summed E-state index contributed by atoms with van der Waals surface area (Å²) in [4.78, 5) is 33.7. The molecule has 0 fully saturated rings. The molecule has 0 rings (SSSR count). The third-order valence-electron chi connectivity index (χ3n) is 4.31. The first-order valence-corrected chi connectivity index (χ1v) is 10.6. The Balaban J connectivity index is 4.39. The van der Waals surface area contributed by atoms with Crippen molar-refractivity contribution in [1.82, 2.24) is 5.32 Å². The fraction of sp³-hybridized carbons (Fsp3) is 0.882. The van der Waals surface area contributed by atoms with Gasteiger partial charge in [-0.1, -0.05) is 13.8 Å². The third-order valence-corrected chi connectivity index (χ3v) is 5.33. The van der Waals surface area contributed by atoms with E-state index in [2.05, 4.69) is 5.32 Å². The highest BCUT2D eigenvalue weighted by atomic mass is 31.2. The number of rotatable bonds is 13. The zero-order chi connectivity index (χ0) is 21.3. The van der Waals surface area contributed by atoms with Gasteiger partial charge in [0, 0.05) is 13.0 Å². The van der Waals surface area contributed by atoms with Gasteiger partial charge in [0.2, 0.25) is 5.91 Å². The van der Waals surface area contributed by atoms with Gasteiger partial charge in [0.1, 0.15) is 19.8 Å². The molecule has 3 atom stereocenters. The topological polar surface area (TPSA) is 111 Å². The van der Waals surface area contributed by atoms with Gasteiger partial charge in [-0.2, -0.15) is 0 Å². The highest BCUT2D eigenvalue weighted by Crippen LogP contribution is 2.42. The molecule has 10 heteroatoms. The largest absolute Gasteiger partial charge is 0.472 e. The Bertz CT molecular complexity index is 536. The molecule has 0 saturated carbocycles. The van der Waals surface area contributed by atoms with E-state index in [1.165, 1.54) is 0 Å². The number of nitrogens with zero attached hydrogens (tertiary/aromatic N) is 1. The van der Waals surface area contributed by atoms with Crippen LogP contribution in [0.3, 0.4) is 0 Å². The van der Waals surface area contributed by atoms with Crippen LogP contribution in [0.2, 0.25) is 0 Å². The standard InChI is InChI=1S/C17H35N2O7P/c1-8-17(3,13-14(2)15(20)18-4)16(21)24-11-12-26-27(22,23)25-10-9-19(5,6)7/h14H,8-13H2,1-7H3,(H-,18,20,22,23)/p+1. The van der Waals surface area contributed by atoms with Gasteiger partial charge in [0.05, 0.1) is 33.2 Å². The van der Waals surface area contributed by atoms with Crippen molar-refractivity contribution in [3.8, 4) is 0 Å². The Kier molecular flexibility index (Phi) is 10.7. The minimum absolute atomic E-state index is 0.0718. The minimum atomic E-state index is -4.18. The van der Waals surface area contributed by atoms with Crippen LogP contribution in [0.1, 0.15) is 33.6 Å². The molecule has 0 bridgehead atoms. The Morgan fingerprint density at radius 3 is 2.22 bits per heavy atom. The second-order valence-electron chi connectivity index (χ2n) is 7.92. The number of ether oxygens (including phenoxy) is 1. The summed E-state index contributed by atoms with van der Waals surface area (Å²) in [5.74, 6) is -0.947. The number of hydrogen-bond acceptors (Lipinski definition) is 6. The quantitative estimate of drug-likeness (QED) is 0.205. The number of amides is 1. The van der Waals surface area contributed by atoms with Crippen LogP contribution in [-0.2, 0) is 27.9 Å². The molecule has 0 aliphatic heterocycles. The summed E-state index contributed by atoms with van der Waals surface area (Å²) >= 11 is 0. The summed E-state index contributed by atoms with van der Waals surface area (Å²) in [6.07, 6.45) is 0.843. The van der Waals surface area contributed by atoms with Crippen LogP contribution in [0.25, 0.3) is 0 Å². The molecule has 0 aliphatic carbocycles. The number of carbonyl (C=O) groups excluding carboxylic acids is 2. The number of likely N-dealkylation sites (N-methyl/N-ethyl adjacent to an activating group) is 1. The van der Waals surface area contributed by atoms with Gasteiger partial charge < -0.3 is 19.4 Å². The SMILES string of the molecule is CCC(C)(CC(C)C(=O)NC)C(=O)OCCOP(=O)(O)OCC[N+](C)(C)C. The average molecular weight is 411 g/mol. The maximum Gasteiger partial charge on any atom is 0.472 e. The van der Waals surface area contributed by atoms with Crippen LogP contribution in [0.5, 0.6) is 0 Å². The molecule has 160 valence electrons. The molecule has 0 radical (unpaired) electrons. The van der Waals surface area contributed by atoms with Crippen molar-refractivity contribution in [2.75, 3.05) is 54.6 Å². The Hall–Kier alpha value is -0.990. The molecule has 0 saturated heterocycles. The minimum Gasteiger partial charge on any atom is -0.463 e. The molecule has 1 amide bonds. The van der Waals surface area contributed by atoms with Crippen LogP contribution < -0.4 is 5.32 Å². The highest BCUT2D eigenvalue weighted by Gasteiger charge is 2.36. The summed E-state index contributed by atoms with van der Waals surface area (Å²) in [6, 6.07) is 0. The Labute approximate surface area is 162 Å². The first-order valence-electron chi connectivity index (χ1n) is 9.07. The summed E-state index contributed by atoms with van der Waals surface area (Å²) < 4.78 is 27.2. The second-order valence-corrected chi connectivity index (χ2v) is 9.37. The molecular formula is C17H36N2O7P+. The fourth-order valence-electron chi connectivity index (χ4n) is 2.32. The lowest BCUT2D eigenvalue weighted by molar-refractivity contribution is -0.870. The van der Waals surface area contributed by atoms with E-state index in [4.69, 9.17) is 13.8 Å². The van der Waals surface area contributed by atoms with Gasteiger partial charge in [-0.15, -0.1) is 0 Å². The van der Waals surface area contributed by atoms with Crippen molar-refractivity contribution in [3.63, 3.8) is 0 Å². The van der Waals surface area contributed by atoms with Crippen molar-refractivity contribution in [3.05, 3.63) is 0 Å². The average Bonchev–Trinajstić information content (AvgIpc) is 2.55. The van der Waals surface area contributed by atoms with Crippen LogP contribution in [0, 0.1) is 11.3 Å². The maximum atomic E-state index is 12.4. The first-order chi connectivity index (χ1) is 12.3. The third kappa shape index (κ3) is 10.8. The van der Waals surface area contributed by atoms with Crippen LogP contribution >= 0.6 is 7.82 Å². The van der Waals surface area contributed by atoms with Gasteiger partial charge in [-0.3, -0.25) is 18.6 Å². The fourth-order valence-corrected chi connectivity index (χ4v) is 3.01. The summed E-state index contributed by atoms with van der Waals surface area (Å²) in [6.45, 7) is 5.52. The number of esters is 1. The predicted octanol–water partition coefficient (Wildman–Crippen LogP) is 1.56. The smallest absolute Gasteiger partial charge is 0.463 e. The van der Waals surface area contributed by atoms with Crippen LogP contribution in [0.15, 0.2) is 0 Å². The predicted molar refractivity (Wildman–Crippen MR) is 102 cm³/mol. The van der Waals surface area contributed by atoms with Crippen LogP contribution in [0.4, 0.5) is 0 Å². The van der Waals surface area contributed by atoms with Crippen molar-refractivity contribution in [2.24, 2.45) is 11.3 Å². The number of hydrogen-bond donors (Lipinski definition) is 2. The van der Waals surface area contributed by atoms with Gasteiger partial charge in [-0.25, -0.2) is 4.57 Å². The van der Waals surface area contributed by atoms with E-state index in [0.717, 1.165) is 0 Å². The van der Waals surface area contributed by atoms with E-state index < -0.39 is 19.2 Å². The molecule has 0 aromatic rings. The molecule has 0 aromatic heterocycles. The lowest BCUT2D eigenvalue weighted by Crippen LogP contribution is -2.37. The van der Waals surface area contributed by atoms with Crippen molar-refractivity contribution < 1.29 is 37.3 Å². The number of quaternary nitrogens is 1. The van der Waals surface area contributed by atoms with E-state index >= 15 is 0 Å². The molecule has 0 spiro atoms. The zero-order valence-corrected chi connectivity index (χ0v) is 18.5. The van der Waals surface area contributed by atoms with E-state index in [1.54, 1.807) is 20.9 Å². The number of phosphoric acid groups is 1. The van der Waals surface area contributed by atoms with Crippen molar-refractivity contribution in [2.45, 2.75) is 33.6 Å².